The fraction of sp³-hybridized carbons (Fsp3) is 0.471. The molecule has 3 N–H and O–H groups in total. The molecule has 28 heavy (non-hydrogen) atoms. The Kier molecular flexibility index (Phi) is 8.52. The highest BCUT2D eigenvalue weighted by Gasteiger charge is 2.20. The molecule has 8 nitrogen and oxygen atoms in total. The van der Waals surface area contributed by atoms with Crippen molar-refractivity contribution >= 4 is 28.2 Å². The normalized spacial score (nSPS) is 12.5. The smallest absolute Gasteiger partial charge is 0.241 e. The van der Waals surface area contributed by atoms with Crippen LogP contribution >= 0.6 is 12.4 Å². The molecule has 0 fully saturated rings. The van der Waals surface area contributed by atoms with E-state index in [0.29, 0.717) is 11.6 Å². The first kappa shape index (κ1) is 24.0. The number of halogens is 2. The molecule has 0 spiro atoms. The predicted molar refractivity (Wildman–Crippen MR) is 105 cm³/mol. The highest BCUT2D eigenvalue weighted by Crippen LogP contribution is 2.17. The maximum absolute atomic E-state index is 12.9. The number of carbonyl (C=O) groups is 1. The molecular formula is C17H25ClFN5O3S. The summed E-state index contributed by atoms with van der Waals surface area (Å²) >= 11 is 0. The molecule has 1 atom stereocenters. The van der Waals surface area contributed by atoms with Gasteiger partial charge in [-0.15, -0.1) is 12.4 Å². The molecule has 0 unspecified atom stereocenters. The summed E-state index contributed by atoms with van der Waals surface area (Å²) in [7, 11) is -3.61. The second-order valence-electron chi connectivity index (χ2n) is 6.57. The van der Waals surface area contributed by atoms with Gasteiger partial charge in [-0.1, -0.05) is 13.8 Å². The molecule has 1 heterocycles. The number of benzene rings is 1. The molecule has 2 rings (SSSR count). The SMILES string of the molecule is Cc1nc([C@@H](N)C(C)C)n(CC(=O)NCCS(=O)(=O)c2ccc(F)cc2)n1.Cl. The summed E-state index contributed by atoms with van der Waals surface area (Å²) in [5, 5.41) is 6.73. The number of hydrogen-bond donors (Lipinski definition) is 2. The Morgan fingerprint density at radius 3 is 2.46 bits per heavy atom. The molecule has 0 aliphatic carbocycles. The Labute approximate surface area is 170 Å². The summed E-state index contributed by atoms with van der Waals surface area (Å²) in [6.07, 6.45) is 0. The van der Waals surface area contributed by atoms with Gasteiger partial charge in [-0.2, -0.15) is 5.10 Å². The van der Waals surface area contributed by atoms with Gasteiger partial charge in [0.05, 0.1) is 16.7 Å². The number of rotatable bonds is 8. The van der Waals surface area contributed by atoms with Crippen LogP contribution in [0.4, 0.5) is 4.39 Å². The van der Waals surface area contributed by atoms with Crippen LogP contribution in [0, 0.1) is 18.7 Å². The zero-order chi connectivity index (χ0) is 20.2. The van der Waals surface area contributed by atoms with Crippen molar-refractivity contribution in [1.82, 2.24) is 20.1 Å². The number of amides is 1. The summed E-state index contributed by atoms with van der Waals surface area (Å²) in [4.78, 5) is 16.4. The van der Waals surface area contributed by atoms with Crippen LogP contribution in [0.25, 0.3) is 0 Å². The molecule has 11 heteroatoms. The van der Waals surface area contributed by atoms with Gasteiger partial charge in [0, 0.05) is 6.54 Å². The van der Waals surface area contributed by atoms with E-state index >= 15 is 0 Å². The average Bonchev–Trinajstić information content (AvgIpc) is 2.94. The Morgan fingerprint density at radius 2 is 1.89 bits per heavy atom. The summed E-state index contributed by atoms with van der Waals surface area (Å²) in [6.45, 7) is 5.42. The number of carbonyl (C=O) groups excluding carboxylic acids is 1. The van der Waals surface area contributed by atoms with Gasteiger partial charge < -0.3 is 11.1 Å². The van der Waals surface area contributed by atoms with Gasteiger partial charge in [-0.25, -0.2) is 22.5 Å². The van der Waals surface area contributed by atoms with Crippen molar-refractivity contribution < 1.29 is 17.6 Å². The molecule has 1 aromatic heterocycles. The molecule has 0 saturated heterocycles. The third-order valence-electron chi connectivity index (χ3n) is 3.98. The largest absolute Gasteiger partial charge is 0.353 e. The Hall–Kier alpha value is -2.04. The highest BCUT2D eigenvalue weighted by atomic mass is 35.5. The Balaban J connectivity index is 0.00000392. The van der Waals surface area contributed by atoms with Crippen LogP contribution in [0.2, 0.25) is 0 Å². The van der Waals surface area contributed by atoms with Crippen LogP contribution in [-0.2, 0) is 21.2 Å². The zero-order valence-corrected chi connectivity index (χ0v) is 17.6. The number of aromatic nitrogens is 3. The Bertz CT molecular complexity index is 900. The maximum atomic E-state index is 12.9. The molecule has 0 aliphatic rings. The van der Waals surface area contributed by atoms with Gasteiger partial charge in [0.2, 0.25) is 5.91 Å². The molecule has 0 aliphatic heterocycles. The topological polar surface area (TPSA) is 120 Å². The second kappa shape index (κ2) is 9.94. The quantitative estimate of drug-likeness (QED) is 0.607. The molecule has 1 amide bonds. The van der Waals surface area contributed by atoms with Crippen LogP contribution in [0.3, 0.4) is 0 Å². The van der Waals surface area contributed by atoms with E-state index in [9.17, 15) is 17.6 Å². The number of nitrogens with zero attached hydrogens (tertiary/aromatic N) is 3. The highest BCUT2D eigenvalue weighted by molar-refractivity contribution is 7.91. The standard InChI is InChI=1S/C17H24FN5O3S.ClH/c1-11(2)16(19)17-21-12(3)22-23(17)10-15(24)20-8-9-27(25,26)14-6-4-13(18)5-7-14;/h4-7,11,16H,8-10,19H2,1-3H3,(H,20,24);1H/t16-;/m0./s1. The summed E-state index contributed by atoms with van der Waals surface area (Å²) in [5.74, 6) is -0.0631. The van der Waals surface area contributed by atoms with E-state index in [0.717, 1.165) is 12.1 Å². The van der Waals surface area contributed by atoms with Crippen molar-refractivity contribution in [3.63, 3.8) is 0 Å². The van der Waals surface area contributed by atoms with Gasteiger partial charge in [0.15, 0.2) is 9.84 Å². The lowest BCUT2D eigenvalue weighted by Crippen LogP contribution is -2.33. The third kappa shape index (κ3) is 6.25. The van der Waals surface area contributed by atoms with Crippen molar-refractivity contribution in [2.24, 2.45) is 11.7 Å². The first-order valence-electron chi connectivity index (χ1n) is 8.52. The van der Waals surface area contributed by atoms with E-state index in [1.165, 1.54) is 16.8 Å². The van der Waals surface area contributed by atoms with Crippen LogP contribution < -0.4 is 11.1 Å². The molecule has 156 valence electrons. The van der Waals surface area contributed by atoms with Gasteiger partial charge in [-0.05, 0) is 37.1 Å². The van der Waals surface area contributed by atoms with E-state index in [1.807, 2.05) is 13.8 Å². The molecule has 0 radical (unpaired) electrons. The molecular weight excluding hydrogens is 409 g/mol. The van der Waals surface area contributed by atoms with Crippen molar-refractivity contribution in [2.75, 3.05) is 12.3 Å². The number of hydrogen-bond acceptors (Lipinski definition) is 6. The maximum Gasteiger partial charge on any atom is 0.241 e. The van der Waals surface area contributed by atoms with Crippen LogP contribution in [0.5, 0.6) is 0 Å². The first-order chi connectivity index (χ1) is 12.6. The number of nitrogens with two attached hydrogens (primary N) is 1. The summed E-state index contributed by atoms with van der Waals surface area (Å²) < 4.78 is 38.7. The number of sulfone groups is 1. The van der Waals surface area contributed by atoms with Crippen molar-refractivity contribution in [3.8, 4) is 0 Å². The van der Waals surface area contributed by atoms with Crippen LogP contribution in [0.15, 0.2) is 29.2 Å². The first-order valence-corrected chi connectivity index (χ1v) is 10.2. The van der Waals surface area contributed by atoms with E-state index in [1.54, 1.807) is 6.92 Å². The van der Waals surface area contributed by atoms with E-state index in [2.05, 4.69) is 15.4 Å². The molecule has 0 bridgehead atoms. The van der Waals surface area contributed by atoms with E-state index in [-0.39, 0.29) is 48.1 Å². The molecule has 0 saturated carbocycles. The minimum absolute atomic E-state index is 0. The van der Waals surface area contributed by atoms with Crippen LogP contribution in [0.1, 0.15) is 31.5 Å². The van der Waals surface area contributed by atoms with E-state index < -0.39 is 21.6 Å². The third-order valence-corrected chi connectivity index (χ3v) is 5.71. The fourth-order valence-electron chi connectivity index (χ4n) is 2.41. The second-order valence-corrected chi connectivity index (χ2v) is 8.68. The van der Waals surface area contributed by atoms with Crippen molar-refractivity contribution in [1.29, 1.82) is 0 Å². The minimum atomic E-state index is -3.61. The van der Waals surface area contributed by atoms with Gasteiger partial charge in [-0.3, -0.25) is 4.79 Å². The van der Waals surface area contributed by atoms with Crippen LogP contribution in [-0.4, -0.2) is 41.4 Å². The average molecular weight is 434 g/mol. The number of nitrogens with one attached hydrogen (secondary N) is 1. The van der Waals surface area contributed by atoms with Crippen molar-refractivity contribution in [2.45, 2.75) is 38.3 Å². The predicted octanol–water partition coefficient (Wildman–Crippen LogP) is 1.39. The minimum Gasteiger partial charge on any atom is -0.353 e. The van der Waals surface area contributed by atoms with Gasteiger partial charge in [0.25, 0.3) is 0 Å². The fourth-order valence-corrected chi connectivity index (χ4v) is 3.57. The number of aryl methyl sites for hydroxylation is 1. The summed E-state index contributed by atoms with van der Waals surface area (Å²) in [5.41, 5.74) is 6.10. The lowest BCUT2D eigenvalue weighted by atomic mass is 10.1. The van der Waals surface area contributed by atoms with Crippen molar-refractivity contribution in [3.05, 3.63) is 41.7 Å². The van der Waals surface area contributed by atoms with Gasteiger partial charge in [0.1, 0.15) is 24.0 Å². The molecule has 1 aromatic carbocycles. The summed E-state index contributed by atoms with van der Waals surface area (Å²) in [6, 6.07) is 4.20. The lowest BCUT2D eigenvalue weighted by molar-refractivity contribution is -0.121. The van der Waals surface area contributed by atoms with Gasteiger partial charge >= 0.3 is 0 Å². The lowest BCUT2D eigenvalue weighted by Gasteiger charge is -2.15. The zero-order valence-electron chi connectivity index (χ0n) is 15.9. The van der Waals surface area contributed by atoms with E-state index in [4.69, 9.17) is 5.73 Å². The Morgan fingerprint density at radius 1 is 1.29 bits per heavy atom. The monoisotopic (exact) mass is 433 g/mol. The molecule has 2 aromatic rings.